The average Bonchev–Trinajstić information content (AvgIpc) is 3.44. The van der Waals surface area contributed by atoms with Crippen LogP contribution in [0.15, 0.2) is 60.8 Å². The molecule has 1 aliphatic heterocycles. The number of fused-ring (bicyclic) bond motifs is 2. The summed E-state index contributed by atoms with van der Waals surface area (Å²) in [5.74, 6) is -5.68. The molecule has 0 saturated carbocycles. The highest BCUT2D eigenvalue weighted by Crippen LogP contribution is 2.31. The molecule has 0 fully saturated rings. The maximum Gasteiger partial charge on any atom is 0.490 e. The first-order valence-corrected chi connectivity index (χ1v) is 13.3. The molecule has 0 radical (unpaired) electrons. The highest BCUT2D eigenvalue weighted by Gasteiger charge is 2.39. The zero-order valence-electron chi connectivity index (χ0n) is 24.1. The number of aromatic nitrogens is 4. The summed E-state index contributed by atoms with van der Waals surface area (Å²) in [5.41, 5.74) is 2.28. The number of nitrogens with one attached hydrogen (secondary N) is 1. The molecule has 0 atom stereocenters. The van der Waals surface area contributed by atoms with Crippen molar-refractivity contribution < 1.29 is 64.1 Å². The molecule has 0 spiro atoms. The van der Waals surface area contributed by atoms with Gasteiger partial charge in [-0.25, -0.2) is 14.3 Å². The Kier molecular flexibility index (Phi) is 11.7. The van der Waals surface area contributed by atoms with Gasteiger partial charge in [-0.15, -0.1) is 5.10 Å². The number of aliphatic carboxylic acids is 2. The summed E-state index contributed by atoms with van der Waals surface area (Å²) >= 11 is 0. The van der Waals surface area contributed by atoms with Crippen LogP contribution in [-0.4, -0.2) is 91.5 Å². The minimum atomic E-state index is -5.08. The van der Waals surface area contributed by atoms with Crippen molar-refractivity contribution in [1.82, 2.24) is 30.2 Å². The number of rotatable bonds is 5. The monoisotopic (exact) mass is 694 g/mol. The number of carboxylic acids is 2. The summed E-state index contributed by atoms with van der Waals surface area (Å²) in [6, 6.07) is 12.9. The van der Waals surface area contributed by atoms with Crippen LogP contribution in [0.4, 0.5) is 39.5 Å². The second-order valence-electron chi connectivity index (χ2n) is 9.73. The van der Waals surface area contributed by atoms with E-state index >= 15 is 0 Å². The van der Waals surface area contributed by atoms with Crippen molar-refractivity contribution in [2.75, 3.05) is 26.2 Å². The number of hydrogen-bond donors (Lipinski definition) is 3. The van der Waals surface area contributed by atoms with E-state index in [9.17, 15) is 44.3 Å². The zero-order valence-corrected chi connectivity index (χ0v) is 24.1. The van der Waals surface area contributed by atoms with Crippen LogP contribution in [0.5, 0.6) is 0 Å². The number of benzene rings is 2. The normalized spacial score (nSPS) is 13.9. The molecule has 258 valence electrons. The molecule has 11 nitrogen and oxygen atoms in total. The number of carboxylic acid groups (broad SMARTS) is 2. The molecule has 2 aromatic heterocycles. The van der Waals surface area contributed by atoms with Gasteiger partial charge in [-0.2, -0.15) is 39.5 Å². The second-order valence-corrected chi connectivity index (χ2v) is 9.73. The summed E-state index contributed by atoms with van der Waals surface area (Å²) in [5, 5.41) is 26.1. The quantitative estimate of drug-likeness (QED) is 0.238. The Labute approximate surface area is 263 Å². The number of para-hydroxylation sites is 1. The standard InChI is InChI=1S/C24H21F3N6O.2C2HF3O2/c25-24(26,27)18-5-6-22-21(14-18)30-31-33(22)19-7-10-32(11-8-19)12-9-28-23(34)17-13-16-3-1-2-4-20(16)29-15-17;2*3-2(4,5)1(6)7/h1-7,13-15H,8-12H2,(H,28,34);2*(H,6,7). The predicted molar refractivity (Wildman–Crippen MR) is 149 cm³/mol. The van der Waals surface area contributed by atoms with Gasteiger partial charge in [0.1, 0.15) is 5.52 Å². The second kappa shape index (κ2) is 15.1. The van der Waals surface area contributed by atoms with Crippen molar-refractivity contribution in [2.45, 2.75) is 24.9 Å². The lowest BCUT2D eigenvalue weighted by Crippen LogP contribution is -2.37. The molecule has 3 heterocycles. The Morgan fingerprint density at radius 1 is 0.854 bits per heavy atom. The molecule has 1 aliphatic rings. The number of halogens is 9. The van der Waals surface area contributed by atoms with Crippen molar-refractivity contribution >= 4 is 45.5 Å². The highest BCUT2D eigenvalue weighted by atomic mass is 19.4. The molecule has 0 unspecified atom stereocenters. The van der Waals surface area contributed by atoms with Crippen molar-refractivity contribution in [3.05, 3.63) is 71.9 Å². The Morgan fingerprint density at radius 3 is 2.04 bits per heavy atom. The summed E-state index contributed by atoms with van der Waals surface area (Å²) in [6.45, 7) is 2.54. The minimum Gasteiger partial charge on any atom is -0.475 e. The van der Waals surface area contributed by atoms with E-state index in [1.54, 1.807) is 10.9 Å². The number of pyridine rings is 1. The minimum absolute atomic E-state index is 0.168. The third-order valence-electron chi connectivity index (χ3n) is 6.37. The van der Waals surface area contributed by atoms with Crippen molar-refractivity contribution in [1.29, 1.82) is 0 Å². The van der Waals surface area contributed by atoms with Gasteiger partial charge in [0.25, 0.3) is 5.91 Å². The molecule has 3 N–H and O–H groups in total. The topological polar surface area (TPSA) is 151 Å². The first-order chi connectivity index (χ1) is 22.3. The van der Waals surface area contributed by atoms with Crippen molar-refractivity contribution in [3.63, 3.8) is 0 Å². The van der Waals surface area contributed by atoms with Crippen LogP contribution in [0, 0.1) is 0 Å². The third-order valence-corrected chi connectivity index (χ3v) is 6.37. The highest BCUT2D eigenvalue weighted by molar-refractivity contribution is 5.97. The lowest BCUT2D eigenvalue weighted by Gasteiger charge is -2.26. The molecule has 0 bridgehead atoms. The van der Waals surface area contributed by atoms with E-state index in [4.69, 9.17) is 19.8 Å². The average molecular weight is 695 g/mol. The lowest BCUT2D eigenvalue weighted by atomic mass is 10.1. The fraction of sp³-hybridized carbons (Fsp3) is 0.286. The van der Waals surface area contributed by atoms with Gasteiger partial charge >= 0.3 is 30.5 Å². The molecular weight excluding hydrogens is 671 g/mol. The van der Waals surface area contributed by atoms with E-state index in [1.807, 2.05) is 36.4 Å². The van der Waals surface area contributed by atoms with Crippen LogP contribution < -0.4 is 5.32 Å². The van der Waals surface area contributed by atoms with Crippen LogP contribution in [0.1, 0.15) is 22.3 Å². The Hall–Kier alpha value is -5.27. The molecular formula is C28H23F9N6O5. The van der Waals surface area contributed by atoms with Gasteiger partial charge in [0.15, 0.2) is 0 Å². The van der Waals surface area contributed by atoms with E-state index in [2.05, 4.69) is 25.5 Å². The summed E-state index contributed by atoms with van der Waals surface area (Å²) < 4.78 is 104. The fourth-order valence-corrected chi connectivity index (χ4v) is 4.03. The van der Waals surface area contributed by atoms with Gasteiger partial charge in [-0.3, -0.25) is 14.7 Å². The number of alkyl halides is 9. The first kappa shape index (κ1) is 37.2. The van der Waals surface area contributed by atoms with Crippen LogP contribution in [-0.2, 0) is 15.8 Å². The maximum atomic E-state index is 12.9. The van der Waals surface area contributed by atoms with Crippen LogP contribution in [0.25, 0.3) is 27.6 Å². The fourth-order valence-electron chi connectivity index (χ4n) is 4.03. The molecule has 20 heteroatoms. The number of hydrogen-bond acceptors (Lipinski definition) is 7. The summed E-state index contributed by atoms with van der Waals surface area (Å²) in [6.07, 6.45) is -10.3. The molecule has 0 aliphatic carbocycles. The molecule has 4 aromatic rings. The number of amides is 1. The van der Waals surface area contributed by atoms with Crippen molar-refractivity contribution in [2.24, 2.45) is 0 Å². The largest absolute Gasteiger partial charge is 0.490 e. The van der Waals surface area contributed by atoms with Gasteiger partial charge in [-0.05, 0) is 36.4 Å². The number of carbonyl (C=O) groups excluding carboxylic acids is 1. The van der Waals surface area contributed by atoms with E-state index in [0.717, 1.165) is 35.3 Å². The first-order valence-electron chi connectivity index (χ1n) is 13.3. The zero-order chi connectivity index (χ0) is 35.9. The van der Waals surface area contributed by atoms with Gasteiger partial charge in [-0.1, -0.05) is 23.4 Å². The predicted octanol–water partition coefficient (Wildman–Crippen LogP) is 5.24. The van der Waals surface area contributed by atoms with Gasteiger partial charge in [0, 0.05) is 49.9 Å². The van der Waals surface area contributed by atoms with Crippen LogP contribution in [0.3, 0.4) is 0 Å². The van der Waals surface area contributed by atoms with Crippen LogP contribution in [0.2, 0.25) is 0 Å². The van der Waals surface area contributed by atoms with Crippen LogP contribution >= 0.6 is 0 Å². The summed E-state index contributed by atoms with van der Waals surface area (Å²) in [7, 11) is 0. The van der Waals surface area contributed by atoms with Gasteiger partial charge in [0.05, 0.1) is 22.2 Å². The van der Waals surface area contributed by atoms with Gasteiger partial charge < -0.3 is 15.5 Å². The van der Waals surface area contributed by atoms with E-state index < -0.39 is 36.0 Å². The smallest absolute Gasteiger partial charge is 0.475 e. The van der Waals surface area contributed by atoms with Gasteiger partial charge in [0.2, 0.25) is 0 Å². The van der Waals surface area contributed by atoms with E-state index in [0.29, 0.717) is 37.1 Å². The molecule has 5 rings (SSSR count). The Bertz CT molecular complexity index is 1780. The Morgan fingerprint density at radius 2 is 1.48 bits per heavy atom. The lowest BCUT2D eigenvalue weighted by molar-refractivity contribution is -0.193. The van der Waals surface area contributed by atoms with E-state index in [-0.39, 0.29) is 11.4 Å². The summed E-state index contributed by atoms with van der Waals surface area (Å²) in [4.78, 5) is 36.8. The number of carbonyl (C=O) groups is 3. The molecule has 2 aromatic carbocycles. The van der Waals surface area contributed by atoms with Crippen molar-refractivity contribution in [3.8, 4) is 0 Å². The van der Waals surface area contributed by atoms with E-state index in [1.165, 1.54) is 6.07 Å². The SMILES string of the molecule is O=C(NCCN1CC=C(n2nnc3cc(C(F)(F)F)ccc32)CC1)c1cnc2ccccc2c1.O=C(O)C(F)(F)F.O=C(O)C(F)(F)F. The maximum absolute atomic E-state index is 12.9. The third kappa shape index (κ3) is 10.4. The Balaban J connectivity index is 0.000000376. The number of nitrogens with zero attached hydrogens (tertiary/aromatic N) is 5. The molecule has 0 saturated heterocycles. The molecule has 1 amide bonds. The molecule has 48 heavy (non-hydrogen) atoms.